The molecule has 0 spiro atoms. The third kappa shape index (κ3) is 3.78. The molecule has 0 aliphatic carbocycles. The lowest BCUT2D eigenvalue weighted by molar-refractivity contribution is -0.384. The van der Waals surface area contributed by atoms with Crippen molar-refractivity contribution in [3.63, 3.8) is 0 Å². The Hall–Kier alpha value is -1.74. The van der Waals surface area contributed by atoms with Gasteiger partial charge in [0.1, 0.15) is 24.1 Å². The first kappa shape index (κ1) is 17.6. The topological polar surface area (TPSA) is 89.3 Å². The van der Waals surface area contributed by atoms with E-state index in [0.717, 1.165) is 0 Å². The van der Waals surface area contributed by atoms with Crippen LogP contribution in [0.5, 0.6) is 5.75 Å². The molecule has 0 saturated carbocycles. The van der Waals surface area contributed by atoms with E-state index in [1.165, 1.54) is 31.4 Å². The average molecular weight is 327 g/mol. The van der Waals surface area contributed by atoms with Crippen molar-refractivity contribution in [2.75, 3.05) is 21.3 Å². The number of rotatable bonds is 6. The molecular formula is C15H21NO7. The molecule has 8 nitrogen and oxygen atoms in total. The van der Waals surface area contributed by atoms with Gasteiger partial charge in [0.25, 0.3) is 5.69 Å². The minimum absolute atomic E-state index is 0.00668. The third-order valence-electron chi connectivity index (χ3n) is 3.84. The highest BCUT2D eigenvalue weighted by atomic mass is 16.7. The highest BCUT2D eigenvalue weighted by Gasteiger charge is 2.46. The molecule has 0 N–H and O–H groups in total. The molecular weight excluding hydrogens is 306 g/mol. The Morgan fingerprint density at radius 2 is 1.57 bits per heavy atom. The van der Waals surface area contributed by atoms with Crippen LogP contribution < -0.4 is 4.74 Å². The third-order valence-corrected chi connectivity index (χ3v) is 3.84. The molecule has 128 valence electrons. The molecule has 1 aliphatic rings. The molecule has 8 heteroatoms. The van der Waals surface area contributed by atoms with Crippen LogP contribution in [-0.4, -0.2) is 57.0 Å². The predicted molar refractivity (Wildman–Crippen MR) is 80.5 cm³/mol. The molecule has 0 amide bonds. The van der Waals surface area contributed by atoms with Gasteiger partial charge in [0, 0.05) is 33.5 Å². The van der Waals surface area contributed by atoms with Gasteiger partial charge in [0.05, 0.1) is 11.0 Å². The molecule has 2 rings (SSSR count). The van der Waals surface area contributed by atoms with E-state index in [4.69, 9.17) is 23.7 Å². The fraction of sp³-hybridized carbons (Fsp3) is 0.600. The molecule has 1 saturated heterocycles. The summed E-state index contributed by atoms with van der Waals surface area (Å²) in [4.78, 5) is 10.2. The standard InChI is InChI=1S/C15H21NO7/c1-9-12(19-2)13(20-3)14(21-4)15(22-9)23-11-7-5-10(6-8-11)16(17)18/h5-9,12-15H,1-4H3/t9-,12-,13+,14+,15-/m0/s1. The maximum atomic E-state index is 10.7. The summed E-state index contributed by atoms with van der Waals surface area (Å²) in [7, 11) is 4.69. The number of methoxy groups -OCH3 is 3. The van der Waals surface area contributed by atoms with Gasteiger partial charge in [0.2, 0.25) is 6.29 Å². The summed E-state index contributed by atoms with van der Waals surface area (Å²) in [5, 5.41) is 10.7. The zero-order valence-electron chi connectivity index (χ0n) is 13.5. The molecule has 0 radical (unpaired) electrons. The lowest BCUT2D eigenvalue weighted by Crippen LogP contribution is -2.60. The molecule has 1 aliphatic heterocycles. The average Bonchev–Trinajstić information content (AvgIpc) is 2.54. The van der Waals surface area contributed by atoms with Crippen LogP contribution in [0.3, 0.4) is 0 Å². The molecule has 1 aromatic carbocycles. The summed E-state index contributed by atoms with van der Waals surface area (Å²) in [5.41, 5.74) is -0.00668. The van der Waals surface area contributed by atoms with Crippen molar-refractivity contribution >= 4 is 5.69 Å². The molecule has 0 aromatic heterocycles. The molecule has 1 heterocycles. The van der Waals surface area contributed by atoms with E-state index < -0.39 is 17.3 Å². The Morgan fingerprint density at radius 3 is 2.04 bits per heavy atom. The van der Waals surface area contributed by atoms with Crippen molar-refractivity contribution < 1.29 is 28.6 Å². The van der Waals surface area contributed by atoms with Crippen molar-refractivity contribution in [1.29, 1.82) is 0 Å². The highest BCUT2D eigenvalue weighted by molar-refractivity contribution is 5.36. The van der Waals surface area contributed by atoms with Gasteiger partial charge in [-0.25, -0.2) is 0 Å². The van der Waals surface area contributed by atoms with Crippen molar-refractivity contribution in [1.82, 2.24) is 0 Å². The Kier molecular flexibility index (Phi) is 5.89. The van der Waals surface area contributed by atoms with Crippen molar-refractivity contribution in [2.45, 2.75) is 37.6 Å². The maximum Gasteiger partial charge on any atom is 0.269 e. The quantitative estimate of drug-likeness (QED) is 0.581. The van der Waals surface area contributed by atoms with Gasteiger partial charge in [-0.1, -0.05) is 0 Å². The van der Waals surface area contributed by atoms with Crippen LogP contribution in [0.25, 0.3) is 0 Å². The Bertz CT molecular complexity index is 521. The largest absolute Gasteiger partial charge is 0.462 e. The van der Waals surface area contributed by atoms with Crippen LogP contribution in [-0.2, 0) is 18.9 Å². The number of nitrogens with zero attached hydrogens (tertiary/aromatic N) is 1. The van der Waals surface area contributed by atoms with Crippen LogP contribution in [0.4, 0.5) is 5.69 Å². The summed E-state index contributed by atoms with van der Waals surface area (Å²) in [5.74, 6) is 0.445. The summed E-state index contributed by atoms with van der Waals surface area (Å²) >= 11 is 0. The Balaban J connectivity index is 2.15. The van der Waals surface area contributed by atoms with Crippen molar-refractivity contribution in [2.24, 2.45) is 0 Å². The summed E-state index contributed by atoms with van der Waals surface area (Å²) < 4.78 is 28.0. The number of nitro groups is 1. The van der Waals surface area contributed by atoms with Gasteiger partial charge in [-0.3, -0.25) is 10.1 Å². The zero-order valence-corrected chi connectivity index (χ0v) is 13.5. The van der Waals surface area contributed by atoms with E-state index >= 15 is 0 Å². The molecule has 5 atom stereocenters. The molecule has 0 bridgehead atoms. The van der Waals surface area contributed by atoms with Gasteiger partial charge in [-0.15, -0.1) is 0 Å². The van der Waals surface area contributed by atoms with Crippen LogP contribution in [0.2, 0.25) is 0 Å². The Labute approximate surface area is 134 Å². The SMILES string of the molecule is CO[C@@H]1[C@@H](OC)[C@H](C)O[C@@H](Oc2ccc([N+](=O)[O-])cc2)[C@@H]1OC. The number of ether oxygens (including phenoxy) is 5. The molecule has 1 aromatic rings. The first-order valence-electron chi connectivity index (χ1n) is 7.16. The van der Waals surface area contributed by atoms with Crippen molar-refractivity contribution in [3.8, 4) is 5.75 Å². The summed E-state index contributed by atoms with van der Waals surface area (Å²) in [6.07, 6.45) is -2.14. The minimum Gasteiger partial charge on any atom is -0.462 e. The smallest absolute Gasteiger partial charge is 0.269 e. The second-order valence-electron chi connectivity index (χ2n) is 5.18. The van der Waals surface area contributed by atoms with Gasteiger partial charge in [-0.05, 0) is 19.1 Å². The lowest BCUT2D eigenvalue weighted by Gasteiger charge is -2.43. The van der Waals surface area contributed by atoms with Crippen molar-refractivity contribution in [3.05, 3.63) is 34.4 Å². The van der Waals surface area contributed by atoms with Gasteiger partial charge < -0.3 is 23.7 Å². The van der Waals surface area contributed by atoms with E-state index in [2.05, 4.69) is 0 Å². The Morgan fingerprint density at radius 1 is 1.00 bits per heavy atom. The minimum atomic E-state index is -0.715. The normalized spacial score (nSPS) is 30.9. The number of hydrogen-bond acceptors (Lipinski definition) is 7. The van der Waals surface area contributed by atoms with Crippen LogP contribution in [0.15, 0.2) is 24.3 Å². The second-order valence-corrected chi connectivity index (χ2v) is 5.18. The summed E-state index contributed by atoms with van der Waals surface area (Å²) in [6.45, 7) is 1.86. The molecule has 0 unspecified atom stereocenters. The monoisotopic (exact) mass is 327 g/mol. The van der Waals surface area contributed by atoms with E-state index in [-0.39, 0.29) is 24.0 Å². The predicted octanol–water partition coefficient (Wildman–Crippen LogP) is 1.76. The van der Waals surface area contributed by atoms with Crippen LogP contribution in [0.1, 0.15) is 6.92 Å². The number of non-ortho nitro benzene ring substituents is 1. The van der Waals surface area contributed by atoms with E-state index in [9.17, 15) is 10.1 Å². The first-order valence-corrected chi connectivity index (χ1v) is 7.16. The highest BCUT2D eigenvalue weighted by Crippen LogP contribution is 2.29. The van der Waals surface area contributed by atoms with E-state index in [1.54, 1.807) is 14.2 Å². The van der Waals surface area contributed by atoms with E-state index in [0.29, 0.717) is 5.75 Å². The van der Waals surface area contributed by atoms with Crippen LogP contribution >= 0.6 is 0 Å². The zero-order chi connectivity index (χ0) is 17.0. The maximum absolute atomic E-state index is 10.7. The first-order chi connectivity index (χ1) is 11.0. The summed E-state index contributed by atoms with van der Waals surface area (Å²) in [6, 6.07) is 5.77. The van der Waals surface area contributed by atoms with Gasteiger partial charge in [0.15, 0.2) is 0 Å². The second kappa shape index (κ2) is 7.69. The fourth-order valence-corrected chi connectivity index (χ4v) is 2.69. The van der Waals surface area contributed by atoms with Gasteiger partial charge in [-0.2, -0.15) is 0 Å². The number of benzene rings is 1. The molecule has 1 fully saturated rings. The number of nitro benzene ring substituents is 1. The lowest BCUT2D eigenvalue weighted by atomic mass is 9.99. The number of hydrogen-bond donors (Lipinski definition) is 0. The molecule has 23 heavy (non-hydrogen) atoms. The fourth-order valence-electron chi connectivity index (χ4n) is 2.69. The van der Waals surface area contributed by atoms with E-state index in [1.807, 2.05) is 6.92 Å². The van der Waals surface area contributed by atoms with Gasteiger partial charge >= 0.3 is 0 Å². The van der Waals surface area contributed by atoms with Crippen LogP contribution in [0, 0.1) is 10.1 Å².